The molecule has 0 saturated heterocycles. The van der Waals surface area contributed by atoms with Crippen LogP contribution in [0.25, 0.3) is 23.9 Å². The van der Waals surface area contributed by atoms with Gasteiger partial charge in [0.25, 0.3) is 0 Å². The molecular formula is C28H33N. The molecule has 0 aliphatic carbocycles. The van der Waals surface area contributed by atoms with Crippen LogP contribution in [-0.2, 0) is 6.42 Å². The van der Waals surface area contributed by atoms with Gasteiger partial charge in [0, 0.05) is 22.5 Å². The van der Waals surface area contributed by atoms with Gasteiger partial charge in [-0.1, -0.05) is 86.9 Å². The van der Waals surface area contributed by atoms with Crippen LogP contribution in [0.3, 0.4) is 0 Å². The summed E-state index contributed by atoms with van der Waals surface area (Å²) >= 11 is 0. The molecule has 1 unspecified atom stereocenters. The molecule has 0 radical (unpaired) electrons. The van der Waals surface area contributed by atoms with Gasteiger partial charge in [-0.25, -0.2) is 0 Å². The highest BCUT2D eigenvalue weighted by atomic mass is 15.0. The second-order valence-electron chi connectivity index (χ2n) is 7.19. The first-order chi connectivity index (χ1) is 14.1. The number of nitrogens with zero attached hydrogens (tertiary/aromatic N) is 1. The second kappa shape index (κ2) is 11.1. The molecule has 0 aliphatic heterocycles. The van der Waals surface area contributed by atoms with Crippen molar-refractivity contribution >= 4 is 18.2 Å². The highest BCUT2D eigenvalue weighted by Crippen LogP contribution is 2.30. The fourth-order valence-corrected chi connectivity index (χ4v) is 3.59. The zero-order valence-corrected chi connectivity index (χ0v) is 18.2. The van der Waals surface area contributed by atoms with Crippen molar-refractivity contribution in [2.24, 2.45) is 5.92 Å². The van der Waals surface area contributed by atoms with Gasteiger partial charge < -0.3 is 4.57 Å². The van der Waals surface area contributed by atoms with Crippen molar-refractivity contribution in [1.82, 2.24) is 4.57 Å². The maximum Gasteiger partial charge on any atom is 0.0531 e. The first-order valence-corrected chi connectivity index (χ1v) is 10.3. The van der Waals surface area contributed by atoms with Crippen molar-refractivity contribution in [1.29, 1.82) is 0 Å². The molecule has 0 spiro atoms. The molecule has 1 nitrogen and oxygen atoms in total. The topological polar surface area (TPSA) is 4.93 Å². The molecule has 1 heterocycles. The highest BCUT2D eigenvalue weighted by Gasteiger charge is 2.16. The molecular weight excluding hydrogens is 350 g/mol. The third-order valence-electron chi connectivity index (χ3n) is 4.95. The molecule has 1 aromatic carbocycles. The van der Waals surface area contributed by atoms with Gasteiger partial charge in [0.05, 0.1) is 5.69 Å². The number of hydrogen-bond acceptors (Lipinski definition) is 0. The van der Waals surface area contributed by atoms with Gasteiger partial charge in [-0.05, 0) is 56.9 Å². The lowest BCUT2D eigenvalue weighted by atomic mass is 10.0. The zero-order chi connectivity index (χ0) is 21.2. The first-order valence-electron chi connectivity index (χ1n) is 10.3. The minimum atomic E-state index is 0.506. The van der Waals surface area contributed by atoms with Crippen LogP contribution in [0.2, 0.25) is 0 Å². The maximum absolute atomic E-state index is 4.08. The SMILES string of the molecule is C=C/C=C\c1c(/C=C\C)c(C=C)n(-c2ccc(CC(C)/C=C\C=C/C)cc2)c1C. The van der Waals surface area contributed by atoms with Gasteiger partial charge in [0.2, 0.25) is 0 Å². The molecule has 150 valence electrons. The van der Waals surface area contributed by atoms with Crippen LogP contribution in [0.5, 0.6) is 0 Å². The Balaban J connectivity index is 2.42. The number of benzene rings is 1. The summed E-state index contributed by atoms with van der Waals surface area (Å²) in [5, 5.41) is 0. The standard InChI is InChI=1S/C28H33N/c1-7-11-13-15-22(5)21-24-17-19-25(20-18-24)29-23(6)26(16-12-8-2)27(14-9-3)28(29)10-4/h7-20,22H,2,4,21H2,1,3,5-6H3/b11-7-,14-9-,15-13-,16-12-. The lowest BCUT2D eigenvalue weighted by Gasteiger charge is -2.12. The van der Waals surface area contributed by atoms with E-state index in [1.54, 1.807) is 0 Å². The van der Waals surface area contributed by atoms with Crippen LogP contribution < -0.4 is 0 Å². The van der Waals surface area contributed by atoms with Crippen LogP contribution in [-0.4, -0.2) is 4.57 Å². The average Bonchev–Trinajstić information content (AvgIpc) is 2.98. The summed E-state index contributed by atoms with van der Waals surface area (Å²) in [5.41, 5.74) is 7.19. The quantitative estimate of drug-likeness (QED) is 0.387. The summed E-state index contributed by atoms with van der Waals surface area (Å²) in [7, 11) is 0. The Morgan fingerprint density at radius 1 is 0.931 bits per heavy atom. The molecule has 2 rings (SSSR count). The van der Waals surface area contributed by atoms with E-state index in [9.17, 15) is 0 Å². The van der Waals surface area contributed by atoms with Crippen molar-refractivity contribution in [2.45, 2.75) is 34.1 Å². The zero-order valence-electron chi connectivity index (χ0n) is 18.2. The Morgan fingerprint density at radius 2 is 1.66 bits per heavy atom. The molecule has 1 atom stereocenters. The minimum absolute atomic E-state index is 0.506. The van der Waals surface area contributed by atoms with E-state index in [0.29, 0.717) is 5.92 Å². The average molecular weight is 384 g/mol. The third-order valence-corrected chi connectivity index (χ3v) is 4.95. The van der Waals surface area contributed by atoms with E-state index in [2.05, 4.69) is 98.4 Å². The molecule has 0 bridgehead atoms. The van der Waals surface area contributed by atoms with E-state index in [1.165, 1.54) is 22.4 Å². The molecule has 1 heteroatoms. The van der Waals surface area contributed by atoms with E-state index in [1.807, 2.05) is 32.1 Å². The van der Waals surface area contributed by atoms with Gasteiger partial charge in [-0.3, -0.25) is 0 Å². The van der Waals surface area contributed by atoms with Crippen LogP contribution >= 0.6 is 0 Å². The van der Waals surface area contributed by atoms with E-state index < -0.39 is 0 Å². The van der Waals surface area contributed by atoms with Gasteiger partial charge in [-0.15, -0.1) is 0 Å². The van der Waals surface area contributed by atoms with Gasteiger partial charge in [0.1, 0.15) is 0 Å². The monoisotopic (exact) mass is 383 g/mol. The van der Waals surface area contributed by atoms with Crippen molar-refractivity contribution in [3.63, 3.8) is 0 Å². The fraction of sp³-hybridized carbons (Fsp3) is 0.214. The lowest BCUT2D eigenvalue weighted by Crippen LogP contribution is -2.01. The van der Waals surface area contributed by atoms with Crippen molar-refractivity contribution in [2.75, 3.05) is 0 Å². The molecule has 2 aromatic rings. The largest absolute Gasteiger partial charge is 0.313 e. The summed E-state index contributed by atoms with van der Waals surface area (Å²) in [5.74, 6) is 0.506. The van der Waals surface area contributed by atoms with E-state index in [-0.39, 0.29) is 0 Å². The maximum atomic E-state index is 4.08. The summed E-state index contributed by atoms with van der Waals surface area (Å²) < 4.78 is 2.28. The fourth-order valence-electron chi connectivity index (χ4n) is 3.59. The molecule has 29 heavy (non-hydrogen) atoms. The highest BCUT2D eigenvalue weighted by molar-refractivity contribution is 5.76. The molecule has 0 aliphatic rings. The Kier molecular flexibility index (Phi) is 8.48. The Hall–Kier alpha value is -3.06. The van der Waals surface area contributed by atoms with Crippen LogP contribution in [0.1, 0.15) is 48.8 Å². The normalized spacial score (nSPS) is 13.2. The van der Waals surface area contributed by atoms with E-state index >= 15 is 0 Å². The van der Waals surface area contributed by atoms with E-state index in [0.717, 1.165) is 17.8 Å². The van der Waals surface area contributed by atoms with E-state index in [4.69, 9.17) is 0 Å². The predicted molar refractivity (Wildman–Crippen MR) is 131 cm³/mol. The molecule has 0 fully saturated rings. The smallest absolute Gasteiger partial charge is 0.0531 e. The Morgan fingerprint density at radius 3 is 2.24 bits per heavy atom. The number of hydrogen-bond donors (Lipinski definition) is 0. The summed E-state index contributed by atoms with van der Waals surface area (Å²) in [4.78, 5) is 0. The first kappa shape index (κ1) is 22.2. The number of aromatic nitrogens is 1. The molecule has 0 saturated carbocycles. The van der Waals surface area contributed by atoms with Crippen molar-refractivity contribution < 1.29 is 0 Å². The number of allylic oxidation sites excluding steroid dienone is 7. The molecule has 1 aromatic heterocycles. The Labute approximate surface area is 176 Å². The summed E-state index contributed by atoms with van der Waals surface area (Å²) in [6.07, 6.45) is 21.6. The lowest BCUT2D eigenvalue weighted by molar-refractivity contribution is 0.723. The second-order valence-corrected chi connectivity index (χ2v) is 7.19. The third kappa shape index (κ3) is 5.48. The minimum Gasteiger partial charge on any atom is -0.313 e. The Bertz CT molecular complexity index is 943. The number of rotatable bonds is 9. The van der Waals surface area contributed by atoms with Gasteiger partial charge in [-0.2, -0.15) is 0 Å². The van der Waals surface area contributed by atoms with Gasteiger partial charge in [0.15, 0.2) is 0 Å². The van der Waals surface area contributed by atoms with Crippen molar-refractivity contribution in [3.8, 4) is 5.69 Å². The molecule has 0 amide bonds. The van der Waals surface area contributed by atoms with Crippen molar-refractivity contribution in [3.05, 3.63) is 108 Å². The van der Waals surface area contributed by atoms with Gasteiger partial charge >= 0.3 is 0 Å². The predicted octanol–water partition coefficient (Wildman–Crippen LogP) is 7.97. The van der Waals surface area contributed by atoms with Crippen LogP contribution in [0, 0.1) is 12.8 Å². The molecule has 0 N–H and O–H groups in total. The summed E-state index contributed by atoms with van der Waals surface area (Å²) in [6, 6.07) is 8.88. The van der Waals surface area contributed by atoms with Crippen LogP contribution in [0.15, 0.2) is 80.0 Å². The van der Waals surface area contributed by atoms with Crippen LogP contribution in [0.4, 0.5) is 0 Å². The summed E-state index contributed by atoms with van der Waals surface area (Å²) in [6.45, 7) is 16.4.